The van der Waals surface area contributed by atoms with Gasteiger partial charge < -0.3 is 14.5 Å². The van der Waals surface area contributed by atoms with Crippen LogP contribution in [0.5, 0.6) is 5.75 Å². The van der Waals surface area contributed by atoms with Gasteiger partial charge in [0.15, 0.2) is 0 Å². The van der Waals surface area contributed by atoms with E-state index >= 15 is 0 Å². The Balaban J connectivity index is 1.27. The van der Waals surface area contributed by atoms with E-state index in [0.29, 0.717) is 30.1 Å². The zero-order valence-corrected chi connectivity index (χ0v) is 19.6. The van der Waals surface area contributed by atoms with E-state index in [9.17, 15) is 14.4 Å². The van der Waals surface area contributed by atoms with E-state index in [1.807, 2.05) is 19.1 Å². The minimum absolute atomic E-state index is 0.0272. The molecule has 0 saturated heterocycles. The molecule has 33 heavy (non-hydrogen) atoms. The summed E-state index contributed by atoms with van der Waals surface area (Å²) in [5, 5.41) is 2.05. The first kappa shape index (κ1) is 22.7. The van der Waals surface area contributed by atoms with Crippen LogP contribution in [0.2, 0.25) is 0 Å². The topological polar surface area (TPSA) is 66.9 Å². The smallest absolute Gasteiger partial charge is 0.311 e. The summed E-state index contributed by atoms with van der Waals surface area (Å²) in [6.45, 7) is 3.28. The second-order valence-corrected chi connectivity index (χ2v) is 9.13. The summed E-state index contributed by atoms with van der Waals surface area (Å²) < 4.78 is 5.38. The van der Waals surface area contributed by atoms with Crippen molar-refractivity contribution in [1.29, 1.82) is 0 Å². The number of benzene rings is 2. The molecule has 0 atom stereocenters. The number of esters is 1. The normalized spacial score (nSPS) is 12.7. The third kappa shape index (κ3) is 5.49. The van der Waals surface area contributed by atoms with Gasteiger partial charge in [0.1, 0.15) is 5.75 Å². The Labute approximate surface area is 197 Å². The molecule has 0 spiro atoms. The molecule has 0 saturated carbocycles. The predicted octanol–water partition coefficient (Wildman–Crippen LogP) is 4.60. The fourth-order valence-electron chi connectivity index (χ4n) is 3.76. The SMILES string of the molecule is Cc1ccc(C(=O)N(C)c2ccc(OC(=O)CCC(=O)N3CCc4sccc4C3)cc2)cc1. The van der Waals surface area contributed by atoms with Crippen LogP contribution in [0.1, 0.15) is 39.2 Å². The summed E-state index contributed by atoms with van der Waals surface area (Å²) in [6, 6.07) is 16.2. The molecule has 0 radical (unpaired) electrons. The minimum Gasteiger partial charge on any atom is -0.427 e. The van der Waals surface area contributed by atoms with Gasteiger partial charge in [0.25, 0.3) is 5.91 Å². The first-order chi connectivity index (χ1) is 15.9. The van der Waals surface area contributed by atoms with Gasteiger partial charge in [-0.3, -0.25) is 14.4 Å². The molecule has 2 heterocycles. The van der Waals surface area contributed by atoms with Crippen LogP contribution in [-0.2, 0) is 22.6 Å². The van der Waals surface area contributed by atoms with Crippen LogP contribution in [0.25, 0.3) is 0 Å². The molecule has 0 bridgehead atoms. The van der Waals surface area contributed by atoms with Gasteiger partial charge in [-0.2, -0.15) is 0 Å². The molecule has 2 aromatic carbocycles. The molecule has 7 heteroatoms. The van der Waals surface area contributed by atoms with Gasteiger partial charge in [-0.15, -0.1) is 11.3 Å². The quantitative estimate of drug-likeness (QED) is 0.397. The van der Waals surface area contributed by atoms with Crippen LogP contribution >= 0.6 is 11.3 Å². The molecule has 0 N–H and O–H groups in total. The summed E-state index contributed by atoms with van der Waals surface area (Å²) in [6.07, 6.45) is 1.03. The number of hydrogen-bond donors (Lipinski definition) is 0. The zero-order chi connectivity index (χ0) is 23.4. The van der Waals surface area contributed by atoms with Crippen LogP contribution in [0.4, 0.5) is 5.69 Å². The number of carbonyl (C=O) groups is 3. The number of fused-ring (bicyclic) bond motifs is 1. The molecule has 170 valence electrons. The van der Waals surface area contributed by atoms with Gasteiger partial charge >= 0.3 is 5.97 Å². The Morgan fingerprint density at radius 3 is 2.45 bits per heavy atom. The Kier molecular flexibility index (Phi) is 6.89. The Morgan fingerprint density at radius 2 is 1.73 bits per heavy atom. The maximum atomic E-state index is 12.7. The third-order valence-electron chi connectivity index (χ3n) is 5.76. The number of rotatable bonds is 6. The highest BCUT2D eigenvalue weighted by Crippen LogP contribution is 2.25. The number of nitrogens with zero attached hydrogens (tertiary/aromatic N) is 2. The molecule has 4 rings (SSSR count). The molecule has 0 unspecified atom stereocenters. The van der Waals surface area contributed by atoms with Crippen LogP contribution in [0.15, 0.2) is 60.0 Å². The van der Waals surface area contributed by atoms with Crippen LogP contribution in [0, 0.1) is 6.92 Å². The highest BCUT2D eigenvalue weighted by atomic mass is 32.1. The van der Waals surface area contributed by atoms with Gasteiger partial charge in [-0.25, -0.2) is 0 Å². The standard InChI is InChI=1S/C26H26N2O4S/c1-18-3-5-19(6-4-18)26(31)27(2)21-7-9-22(10-8-21)32-25(30)12-11-24(29)28-15-13-23-20(17-28)14-16-33-23/h3-10,14,16H,11-13,15,17H2,1-2H3. The summed E-state index contributed by atoms with van der Waals surface area (Å²) in [5.74, 6) is -0.220. The van der Waals surface area contributed by atoms with Crippen molar-refractivity contribution in [3.05, 3.63) is 81.5 Å². The van der Waals surface area contributed by atoms with Crippen molar-refractivity contribution in [1.82, 2.24) is 4.90 Å². The fourth-order valence-corrected chi connectivity index (χ4v) is 4.65. The monoisotopic (exact) mass is 462 g/mol. The molecule has 2 amide bonds. The molecule has 1 aromatic heterocycles. The third-order valence-corrected chi connectivity index (χ3v) is 6.79. The van der Waals surface area contributed by atoms with E-state index in [2.05, 4.69) is 11.4 Å². The van der Waals surface area contributed by atoms with Crippen molar-refractivity contribution in [3.63, 3.8) is 0 Å². The van der Waals surface area contributed by atoms with E-state index in [1.54, 1.807) is 64.6 Å². The van der Waals surface area contributed by atoms with Crippen molar-refractivity contribution in [2.24, 2.45) is 0 Å². The van der Waals surface area contributed by atoms with Gasteiger partial charge in [0.2, 0.25) is 5.91 Å². The Hall–Kier alpha value is -3.45. The number of aryl methyl sites for hydroxylation is 1. The largest absolute Gasteiger partial charge is 0.427 e. The van der Waals surface area contributed by atoms with E-state index < -0.39 is 5.97 Å². The van der Waals surface area contributed by atoms with E-state index in [0.717, 1.165) is 12.0 Å². The number of anilines is 1. The zero-order valence-electron chi connectivity index (χ0n) is 18.7. The lowest BCUT2D eigenvalue weighted by Gasteiger charge is -2.27. The van der Waals surface area contributed by atoms with Crippen LogP contribution in [-0.4, -0.2) is 36.3 Å². The minimum atomic E-state index is -0.451. The van der Waals surface area contributed by atoms with Crippen molar-refractivity contribution >= 4 is 34.8 Å². The number of amides is 2. The van der Waals surface area contributed by atoms with Crippen molar-refractivity contribution < 1.29 is 19.1 Å². The summed E-state index contributed by atoms with van der Waals surface area (Å²) in [4.78, 5) is 42.1. The molecule has 3 aromatic rings. The summed E-state index contributed by atoms with van der Waals surface area (Å²) in [7, 11) is 1.70. The molecule has 0 fully saturated rings. The van der Waals surface area contributed by atoms with Crippen molar-refractivity contribution in [2.45, 2.75) is 32.7 Å². The lowest BCUT2D eigenvalue weighted by atomic mass is 10.1. The lowest BCUT2D eigenvalue weighted by molar-refractivity contribution is -0.139. The summed E-state index contributed by atoms with van der Waals surface area (Å²) >= 11 is 1.73. The van der Waals surface area contributed by atoms with Gasteiger partial charge in [-0.05, 0) is 66.8 Å². The van der Waals surface area contributed by atoms with Gasteiger partial charge in [-0.1, -0.05) is 17.7 Å². The molecular weight excluding hydrogens is 436 g/mol. The van der Waals surface area contributed by atoms with E-state index in [4.69, 9.17) is 4.74 Å². The number of ether oxygens (including phenoxy) is 1. The summed E-state index contributed by atoms with van der Waals surface area (Å²) in [5.41, 5.74) is 3.59. The molecular formula is C26H26N2O4S. The van der Waals surface area contributed by atoms with Crippen molar-refractivity contribution in [3.8, 4) is 5.75 Å². The lowest BCUT2D eigenvalue weighted by Crippen LogP contribution is -2.35. The number of thiophene rings is 1. The molecule has 6 nitrogen and oxygen atoms in total. The van der Waals surface area contributed by atoms with E-state index in [1.165, 1.54) is 10.4 Å². The number of hydrogen-bond acceptors (Lipinski definition) is 5. The first-order valence-corrected chi connectivity index (χ1v) is 11.8. The van der Waals surface area contributed by atoms with Crippen LogP contribution < -0.4 is 9.64 Å². The van der Waals surface area contributed by atoms with Crippen molar-refractivity contribution in [2.75, 3.05) is 18.5 Å². The van der Waals surface area contributed by atoms with Gasteiger partial charge in [0, 0.05) is 42.7 Å². The Bertz CT molecular complexity index is 1150. The van der Waals surface area contributed by atoms with Gasteiger partial charge in [0.05, 0.1) is 6.42 Å². The maximum absolute atomic E-state index is 12.7. The van der Waals surface area contributed by atoms with E-state index in [-0.39, 0.29) is 24.7 Å². The molecule has 1 aliphatic rings. The second kappa shape index (κ2) is 10.0. The number of carbonyl (C=O) groups excluding carboxylic acids is 3. The highest BCUT2D eigenvalue weighted by molar-refractivity contribution is 7.10. The fraction of sp³-hybridized carbons (Fsp3) is 0.269. The highest BCUT2D eigenvalue weighted by Gasteiger charge is 2.22. The first-order valence-electron chi connectivity index (χ1n) is 10.9. The maximum Gasteiger partial charge on any atom is 0.311 e. The molecule has 0 aliphatic carbocycles. The average Bonchev–Trinajstić information content (AvgIpc) is 3.30. The second-order valence-electron chi connectivity index (χ2n) is 8.13. The Morgan fingerprint density at radius 1 is 1.00 bits per heavy atom. The predicted molar refractivity (Wildman–Crippen MR) is 129 cm³/mol. The molecule has 1 aliphatic heterocycles. The average molecular weight is 463 g/mol. The van der Waals surface area contributed by atoms with Crippen LogP contribution in [0.3, 0.4) is 0 Å².